The van der Waals surface area contributed by atoms with Crippen molar-refractivity contribution in [3.8, 4) is 0 Å². The van der Waals surface area contributed by atoms with E-state index in [0.29, 0.717) is 13.0 Å². The minimum atomic E-state index is -0.428. The molecule has 110 valence electrons. The normalized spacial score (nSPS) is 11.9. The van der Waals surface area contributed by atoms with E-state index in [0.717, 1.165) is 17.0 Å². The molecule has 0 bridgehead atoms. The summed E-state index contributed by atoms with van der Waals surface area (Å²) in [5.41, 5.74) is 7.69. The minimum Gasteiger partial charge on any atom is -0.351 e. The number of rotatable bonds is 6. The zero-order valence-corrected chi connectivity index (χ0v) is 12.9. The number of carbonyl (C=O) groups excluding carboxylic acids is 1. The van der Waals surface area contributed by atoms with E-state index < -0.39 is 6.04 Å². The Kier molecular flexibility index (Phi) is 6.84. The van der Waals surface area contributed by atoms with Crippen LogP contribution in [0.2, 0.25) is 0 Å². The van der Waals surface area contributed by atoms with E-state index in [-0.39, 0.29) is 18.3 Å². The molecule has 1 atom stereocenters. The highest BCUT2D eigenvalue weighted by molar-refractivity contribution is 7.98. The van der Waals surface area contributed by atoms with Crippen LogP contribution in [-0.2, 0) is 11.3 Å². The number of imidazole rings is 1. The van der Waals surface area contributed by atoms with Gasteiger partial charge in [0.05, 0.1) is 6.04 Å². The first-order valence-corrected chi connectivity index (χ1v) is 7.54. The van der Waals surface area contributed by atoms with Gasteiger partial charge >= 0.3 is 0 Å². The van der Waals surface area contributed by atoms with Crippen molar-refractivity contribution < 1.29 is 4.79 Å². The molecule has 2 rings (SSSR count). The smallest absolute Gasteiger partial charge is 0.237 e. The van der Waals surface area contributed by atoms with Crippen molar-refractivity contribution in [2.45, 2.75) is 19.0 Å². The van der Waals surface area contributed by atoms with Gasteiger partial charge in [0.15, 0.2) is 0 Å². The van der Waals surface area contributed by atoms with E-state index in [2.05, 4.69) is 10.3 Å². The summed E-state index contributed by atoms with van der Waals surface area (Å²) in [5.74, 6) is 0.798. The van der Waals surface area contributed by atoms with E-state index in [9.17, 15) is 4.79 Å². The van der Waals surface area contributed by atoms with Crippen LogP contribution in [0.4, 0.5) is 0 Å². The molecular formula is C13H19ClN4OS. The summed E-state index contributed by atoms with van der Waals surface area (Å²) in [4.78, 5) is 16.0. The largest absolute Gasteiger partial charge is 0.351 e. The number of hydrogen-bond acceptors (Lipinski definition) is 4. The number of aromatic nitrogens is 2. The Balaban J connectivity index is 0.00000200. The molecule has 0 fully saturated rings. The highest BCUT2D eigenvalue weighted by Crippen LogP contribution is 2.05. The van der Waals surface area contributed by atoms with E-state index in [1.54, 1.807) is 18.0 Å². The van der Waals surface area contributed by atoms with E-state index in [1.807, 2.05) is 35.2 Å². The maximum Gasteiger partial charge on any atom is 0.237 e. The summed E-state index contributed by atoms with van der Waals surface area (Å²) in [6.07, 6.45) is 8.26. The van der Waals surface area contributed by atoms with Crippen LogP contribution in [0.5, 0.6) is 0 Å². The number of amides is 1. The number of pyridine rings is 1. The lowest BCUT2D eigenvalue weighted by atomic mass is 10.2. The van der Waals surface area contributed by atoms with Gasteiger partial charge in [0.25, 0.3) is 0 Å². The number of carbonyl (C=O) groups is 1. The van der Waals surface area contributed by atoms with Crippen LogP contribution in [-0.4, -0.2) is 33.3 Å². The van der Waals surface area contributed by atoms with Crippen molar-refractivity contribution in [3.05, 3.63) is 36.3 Å². The van der Waals surface area contributed by atoms with Gasteiger partial charge in [-0.15, -0.1) is 12.4 Å². The molecule has 0 aliphatic carbocycles. The molecule has 0 radical (unpaired) electrons. The maximum atomic E-state index is 11.8. The van der Waals surface area contributed by atoms with E-state index >= 15 is 0 Å². The molecule has 5 nitrogen and oxygen atoms in total. The van der Waals surface area contributed by atoms with E-state index in [4.69, 9.17) is 5.73 Å². The Hall–Kier alpha value is -1.24. The van der Waals surface area contributed by atoms with Gasteiger partial charge in [-0.05, 0) is 36.1 Å². The Labute approximate surface area is 128 Å². The molecule has 0 aliphatic heterocycles. The van der Waals surface area contributed by atoms with Gasteiger partial charge in [0.1, 0.15) is 5.65 Å². The molecule has 0 spiro atoms. The number of fused-ring (bicyclic) bond motifs is 1. The highest BCUT2D eigenvalue weighted by atomic mass is 35.5. The number of halogens is 1. The number of nitrogens with one attached hydrogen (secondary N) is 1. The Morgan fingerprint density at radius 3 is 3.10 bits per heavy atom. The summed E-state index contributed by atoms with van der Waals surface area (Å²) in [7, 11) is 0. The summed E-state index contributed by atoms with van der Waals surface area (Å²) < 4.78 is 1.93. The van der Waals surface area contributed by atoms with Crippen LogP contribution in [0.1, 0.15) is 12.0 Å². The second kappa shape index (κ2) is 8.14. The van der Waals surface area contributed by atoms with Crippen LogP contribution in [0.25, 0.3) is 5.65 Å². The third kappa shape index (κ3) is 4.40. The molecule has 20 heavy (non-hydrogen) atoms. The lowest BCUT2D eigenvalue weighted by Crippen LogP contribution is -2.40. The van der Waals surface area contributed by atoms with Gasteiger partial charge in [-0.25, -0.2) is 4.98 Å². The topological polar surface area (TPSA) is 72.4 Å². The second-order valence-corrected chi connectivity index (χ2v) is 5.32. The molecule has 0 saturated carbocycles. The van der Waals surface area contributed by atoms with Crippen molar-refractivity contribution in [2.75, 3.05) is 12.0 Å². The van der Waals surface area contributed by atoms with Crippen molar-refractivity contribution in [3.63, 3.8) is 0 Å². The molecule has 3 N–H and O–H groups in total. The first-order valence-electron chi connectivity index (χ1n) is 6.14. The molecule has 0 unspecified atom stereocenters. The number of nitrogens with two attached hydrogens (primary N) is 1. The van der Waals surface area contributed by atoms with Gasteiger partial charge in [-0.3, -0.25) is 4.79 Å². The fourth-order valence-corrected chi connectivity index (χ4v) is 2.25. The Morgan fingerprint density at radius 2 is 2.35 bits per heavy atom. The van der Waals surface area contributed by atoms with Crippen LogP contribution in [0.15, 0.2) is 30.7 Å². The number of hydrogen-bond donors (Lipinski definition) is 2. The number of thioether (sulfide) groups is 1. The third-order valence-electron chi connectivity index (χ3n) is 2.90. The van der Waals surface area contributed by atoms with Crippen LogP contribution in [0, 0.1) is 0 Å². The fraction of sp³-hybridized carbons (Fsp3) is 0.385. The first kappa shape index (κ1) is 16.8. The minimum absolute atomic E-state index is 0. The Morgan fingerprint density at radius 1 is 1.55 bits per heavy atom. The molecule has 0 aromatic carbocycles. The fourth-order valence-electron chi connectivity index (χ4n) is 1.76. The third-order valence-corrected chi connectivity index (χ3v) is 3.54. The summed E-state index contributed by atoms with van der Waals surface area (Å²) in [6, 6.07) is 3.48. The molecule has 1 amide bonds. The zero-order valence-electron chi connectivity index (χ0n) is 11.3. The predicted molar refractivity (Wildman–Crippen MR) is 85.3 cm³/mol. The van der Waals surface area contributed by atoms with Crippen LogP contribution < -0.4 is 11.1 Å². The lowest BCUT2D eigenvalue weighted by Gasteiger charge is -2.11. The zero-order chi connectivity index (χ0) is 13.7. The second-order valence-electron chi connectivity index (χ2n) is 4.33. The Bertz CT molecular complexity index is 560. The van der Waals surface area contributed by atoms with Crippen molar-refractivity contribution in [2.24, 2.45) is 5.73 Å². The average Bonchev–Trinajstić information content (AvgIpc) is 2.89. The quantitative estimate of drug-likeness (QED) is 0.846. The van der Waals surface area contributed by atoms with Crippen molar-refractivity contribution in [1.29, 1.82) is 0 Å². The predicted octanol–water partition coefficient (Wildman–Crippen LogP) is 1.45. The van der Waals surface area contributed by atoms with Crippen LogP contribution in [0.3, 0.4) is 0 Å². The molecule has 0 aliphatic rings. The van der Waals surface area contributed by atoms with Crippen molar-refractivity contribution >= 4 is 35.7 Å². The highest BCUT2D eigenvalue weighted by Gasteiger charge is 2.12. The maximum absolute atomic E-state index is 11.8. The molecule has 2 heterocycles. The monoisotopic (exact) mass is 314 g/mol. The molecule has 2 aromatic rings. The van der Waals surface area contributed by atoms with Gasteiger partial charge < -0.3 is 15.5 Å². The van der Waals surface area contributed by atoms with E-state index in [1.165, 1.54) is 0 Å². The summed E-state index contributed by atoms with van der Waals surface area (Å²) in [6.45, 7) is 0.481. The van der Waals surface area contributed by atoms with Gasteiger partial charge in [-0.1, -0.05) is 0 Å². The average molecular weight is 315 g/mol. The molecule has 2 aromatic heterocycles. The van der Waals surface area contributed by atoms with Crippen LogP contribution >= 0.6 is 24.2 Å². The molecule has 0 saturated heterocycles. The molecular weight excluding hydrogens is 296 g/mol. The summed E-state index contributed by atoms with van der Waals surface area (Å²) in [5, 5.41) is 2.85. The summed E-state index contributed by atoms with van der Waals surface area (Å²) >= 11 is 1.69. The van der Waals surface area contributed by atoms with Gasteiger partial charge in [-0.2, -0.15) is 11.8 Å². The molecule has 7 heteroatoms. The van der Waals surface area contributed by atoms with Gasteiger partial charge in [0.2, 0.25) is 5.91 Å². The first-order chi connectivity index (χ1) is 9.20. The SMILES string of the molecule is CSCC[C@H](N)C(=O)NCc1ccn2ccnc2c1.Cl. The standard InChI is InChI=1S/C13H18N4OS.ClH/c1-19-7-3-11(14)13(18)16-9-10-2-5-17-6-4-15-12(17)8-10;/h2,4-6,8,11H,3,7,9,14H2,1H3,(H,16,18);1H/t11-;/m0./s1. The lowest BCUT2D eigenvalue weighted by molar-refractivity contribution is -0.122. The van der Waals surface area contributed by atoms with Gasteiger partial charge in [0, 0.05) is 25.1 Å². The van der Waals surface area contributed by atoms with Crippen molar-refractivity contribution in [1.82, 2.24) is 14.7 Å². The number of nitrogens with zero attached hydrogens (tertiary/aromatic N) is 2.